The van der Waals surface area contributed by atoms with E-state index in [0.717, 1.165) is 25.7 Å². The molecule has 1 unspecified atom stereocenters. The van der Waals surface area contributed by atoms with Crippen LogP contribution in [0.4, 0.5) is 0 Å². The molecular weight excluding hydrogens is 400 g/mol. The van der Waals surface area contributed by atoms with Crippen LogP contribution in [0.15, 0.2) is 0 Å². The Labute approximate surface area is 195 Å². The van der Waals surface area contributed by atoms with E-state index in [-0.39, 0.29) is 18.8 Å². The zero-order valence-corrected chi connectivity index (χ0v) is 23.0. The van der Waals surface area contributed by atoms with E-state index >= 15 is 0 Å². The molecule has 31 heavy (non-hydrogen) atoms. The second-order valence-corrected chi connectivity index (χ2v) is 8.22. The summed E-state index contributed by atoms with van der Waals surface area (Å²) in [6, 6.07) is 0. The van der Waals surface area contributed by atoms with Gasteiger partial charge in [-0.15, -0.1) is 0 Å². The first-order chi connectivity index (χ1) is 14.0. The lowest BCUT2D eigenvalue weighted by Crippen LogP contribution is -2.10. The molecule has 0 aromatic heterocycles. The molecule has 0 spiro atoms. The van der Waals surface area contributed by atoms with Gasteiger partial charge in [-0.25, -0.2) is 0 Å². The van der Waals surface area contributed by atoms with Crippen molar-refractivity contribution in [2.45, 2.75) is 127 Å². The third kappa shape index (κ3) is 506. The average Bonchev–Trinajstić information content (AvgIpc) is 2.62. The minimum Gasteiger partial charge on any atom is -0.397 e. The maximum Gasteiger partial charge on any atom is 0.0563 e. The van der Waals surface area contributed by atoms with Gasteiger partial charge in [0.25, 0.3) is 0 Å². The van der Waals surface area contributed by atoms with E-state index in [1.54, 1.807) is 48.5 Å². The van der Waals surface area contributed by atoms with Crippen molar-refractivity contribution in [2.75, 3.05) is 26.4 Å². The molecular formula is C24H62O7. The van der Waals surface area contributed by atoms with Gasteiger partial charge in [0, 0.05) is 32.5 Å². The van der Waals surface area contributed by atoms with E-state index in [0.29, 0.717) is 25.7 Å². The molecule has 0 aromatic rings. The van der Waals surface area contributed by atoms with Gasteiger partial charge in [-0.3, -0.25) is 0 Å². The van der Waals surface area contributed by atoms with E-state index in [1.165, 1.54) is 0 Å². The van der Waals surface area contributed by atoms with Gasteiger partial charge in [0.2, 0.25) is 0 Å². The predicted octanol–water partition coefficient (Wildman–Crippen LogP) is 3.74. The summed E-state index contributed by atoms with van der Waals surface area (Å²) in [6.45, 7) is 23.2. The molecule has 0 radical (unpaired) electrons. The Morgan fingerprint density at radius 3 is 0.871 bits per heavy atom. The molecule has 0 aromatic carbocycles. The molecule has 200 valence electrons. The van der Waals surface area contributed by atoms with E-state index in [9.17, 15) is 0 Å². The highest BCUT2D eigenvalue weighted by Crippen LogP contribution is 1.93. The van der Waals surface area contributed by atoms with Crippen molar-refractivity contribution in [3.8, 4) is 0 Å². The van der Waals surface area contributed by atoms with Crippen molar-refractivity contribution in [2.24, 2.45) is 5.92 Å². The van der Waals surface area contributed by atoms with Gasteiger partial charge in [0.05, 0.1) is 11.7 Å². The van der Waals surface area contributed by atoms with Crippen molar-refractivity contribution in [3.63, 3.8) is 0 Å². The summed E-state index contributed by atoms with van der Waals surface area (Å²) in [6.07, 6.45) is 3.49. The maximum atomic E-state index is 8.52. The third-order valence-electron chi connectivity index (χ3n) is 1.69. The van der Waals surface area contributed by atoms with E-state index in [4.69, 9.17) is 35.7 Å². The van der Waals surface area contributed by atoms with Crippen molar-refractivity contribution >= 4 is 0 Å². The number of aliphatic hydroxyl groups is 7. The minimum absolute atomic E-state index is 0.116. The van der Waals surface area contributed by atoms with E-state index in [1.807, 2.05) is 27.7 Å². The summed E-state index contributed by atoms with van der Waals surface area (Å²) < 4.78 is 0. The molecule has 0 amide bonds. The summed E-state index contributed by atoms with van der Waals surface area (Å²) in [5.41, 5.74) is -0.500. The van der Waals surface area contributed by atoms with Crippen LogP contribution >= 0.6 is 0 Å². The molecule has 7 heteroatoms. The largest absolute Gasteiger partial charge is 0.397 e. The second-order valence-electron chi connectivity index (χ2n) is 8.22. The molecule has 7 nitrogen and oxygen atoms in total. The predicted molar refractivity (Wildman–Crippen MR) is 135 cm³/mol. The standard InChI is InChI=1S/4C4H10O.2C3H8O.C2H6O/c1-4(2,3)5;1-4(2)3-5;1-3-4(2)5;1-2-3-4-5;1-3(2)4;1-2-3-4;1-2-3/h5H,1-3H3;2*4-5H,3H2,1-2H3;5H,2-4H2,1H3;3-4H,1-2H3;4H,2-3H2,1H3;3H,2H2,1H3. The zero-order chi connectivity index (χ0) is 26.9. The number of aliphatic hydroxyl groups excluding tert-OH is 6. The third-order valence-corrected chi connectivity index (χ3v) is 1.69. The van der Waals surface area contributed by atoms with Crippen LogP contribution in [0.5, 0.6) is 0 Å². The van der Waals surface area contributed by atoms with E-state index in [2.05, 4.69) is 6.92 Å². The molecule has 0 heterocycles. The molecule has 0 rings (SSSR count). The van der Waals surface area contributed by atoms with E-state index < -0.39 is 5.60 Å². The van der Waals surface area contributed by atoms with Gasteiger partial charge < -0.3 is 35.7 Å². The summed E-state index contributed by atoms with van der Waals surface area (Å²) in [5, 5.41) is 56.6. The molecule has 0 bridgehead atoms. The summed E-state index contributed by atoms with van der Waals surface area (Å²) >= 11 is 0. The first-order valence-electron chi connectivity index (χ1n) is 11.5. The van der Waals surface area contributed by atoms with Crippen LogP contribution in [-0.4, -0.2) is 80.0 Å². The monoisotopic (exact) mass is 462 g/mol. The van der Waals surface area contributed by atoms with Gasteiger partial charge in [-0.05, 0) is 73.6 Å². The average molecular weight is 463 g/mol. The highest BCUT2D eigenvalue weighted by molar-refractivity contribution is 4.50. The first-order valence-corrected chi connectivity index (χ1v) is 11.5. The molecule has 1 atom stereocenters. The van der Waals surface area contributed by atoms with Gasteiger partial charge in [0.1, 0.15) is 0 Å². The first kappa shape index (κ1) is 48.2. The van der Waals surface area contributed by atoms with Crippen LogP contribution < -0.4 is 0 Å². The molecule has 0 saturated heterocycles. The van der Waals surface area contributed by atoms with Crippen molar-refractivity contribution in [1.82, 2.24) is 0 Å². The molecule has 0 fully saturated rings. The Morgan fingerprint density at radius 1 is 0.677 bits per heavy atom. The number of unbranched alkanes of at least 4 members (excludes halogenated alkanes) is 1. The lowest BCUT2D eigenvalue weighted by Gasteiger charge is -2.04. The fourth-order valence-electron chi connectivity index (χ4n) is 0.158. The van der Waals surface area contributed by atoms with Crippen molar-refractivity contribution in [3.05, 3.63) is 0 Å². The molecule has 0 aliphatic rings. The molecule has 7 N–H and O–H groups in total. The Bertz CT molecular complexity index is 196. The van der Waals surface area contributed by atoms with Crippen molar-refractivity contribution in [1.29, 1.82) is 0 Å². The summed E-state index contributed by atoms with van der Waals surface area (Å²) in [4.78, 5) is 0. The molecule has 0 aliphatic heterocycles. The Kier molecular flexibility index (Phi) is 73.9. The van der Waals surface area contributed by atoms with Gasteiger partial charge in [-0.1, -0.05) is 41.0 Å². The van der Waals surface area contributed by atoms with Gasteiger partial charge in [0.15, 0.2) is 0 Å². The minimum atomic E-state index is -0.500. The van der Waals surface area contributed by atoms with Crippen LogP contribution in [0.2, 0.25) is 0 Å². The van der Waals surface area contributed by atoms with Gasteiger partial charge >= 0.3 is 0 Å². The Morgan fingerprint density at radius 2 is 0.871 bits per heavy atom. The quantitative estimate of drug-likeness (QED) is 0.330. The maximum absolute atomic E-state index is 8.52. The Hall–Kier alpha value is -0.280. The highest BCUT2D eigenvalue weighted by atomic mass is 16.3. The number of hydrogen-bond acceptors (Lipinski definition) is 7. The lowest BCUT2D eigenvalue weighted by molar-refractivity contribution is 0.102. The zero-order valence-electron chi connectivity index (χ0n) is 23.0. The van der Waals surface area contributed by atoms with Crippen LogP contribution in [0, 0.1) is 5.92 Å². The normalized spacial score (nSPS) is 9.97. The fraction of sp³-hybridized carbons (Fsp3) is 1.00. The summed E-state index contributed by atoms with van der Waals surface area (Å²) in [5.74, 6) is 0.440. The van der Waals surface area contributed by atoms with Gasteiger partial charge in [-0.2, -0.15) is 0 Å². The highest BCUT2D eigenvalue weighted by Gasteiger charge is 1.97. The smallest absolute Gasteiger partial charge is 0.0563 e. The second kappa shape index (κ2) is 47.5. The fourth-order valence-corrected chi connectivity index (χ4v) is 0.158. The Balaban J connectivity index is -0.0000000436. The molecule has 0 aliphatic carbocycles. The topological polar surface area (TPSA) is 142 Å². The van der Waals surface area contributed by atoms with Crippen LogP contribution in [0.1, 0.15) is 109 Å². The lowest BCUT2D eigenvalue weighted by atomic mass is 10.2. The van der Waals surface area contributed by atoms with Crippen LogP contribution in [-0.2, 0) is 0 Å². The number of rotatable bonds is 5. The summed E-state index contributed by atoms with van der Waals surface area (Å²) in [7, 11) is 0. The van der Waals surface area contributed by atoms with Crippen molar-refractivity contribution < 1.29 is 35.7 Å². The molecule has 0 saturated carbocycles. The van der Waals surface area contributed by atoms with Crippen LogP contribution in [0.3, 0.4) is 0 Å². The number of hydrogen-bond donors (Lipinski definition) is 7. The SMILES string of the molecule is CC(C)(C)O.CC(C)CO.CC(C)O.CCC(C)O.CCCCO.CCCO.CCO. The van der Waals surface area contributed by atoms with Crippen LogP contribution in [0.25, 0.3) is 0 Å².